The first-order valence-corrected chi connectivity index (χ1v) is 7.63. The molecule has 0 aliphatic heterocycles. The molecule has 1 aromatic carbocycles. The van der Waals surface area contributed by atoms with Gasteiger partial charge in [0.05, 0.1) is 4.90 Å². The average Bonchev–Trinajstić information content (AvgIpc) is 2.30. The van der Waals surface area contributed by atoms with Crippen molar-refractivity contribution in [3.63, 3.8) is 0 Å². The van der Waals surface area contributed by atoms with Crippen molar-refractivity contribution in [2.45, 2.75) is 38.1 Å². The van der Waals surface area contributed by atoms with Gasteiger partial charge in [0.1, 0.15) is 11.9 Å². The molecule has 0 aliphatic rings. The van der Waals surface area contributed by atoms with E-state index in [1.54, 1.807) is 13.8 Å². The van der Waals surface area contributed by atoms with Gasteiger partial charge in [0.25, 0.3) is 0 Å². The number of aliphatic carboxylic acids is 1. The second-order valence-corrected chi connectivity index (χ2v) is 6.77. The van der Waals surface area contributed by atoms with E-state index in [1.807, 2.05) is 0 Å². The summed E-state index contributed by atoms with van der Waals surface area (Å²) in [6, 6.07) is 2.12. The molecule has 0 bridgehead atoms. The molecule has 0 spiro atoms. The molecule has 0 fully saturated rings. The molecule has 0 radical (unpaired) electrons. The maximum Gasteiger partial charge on any atom is 0.321 e. The Labute approximate surface area is 117 Å². The van der Waals surface area contributed by atoms with Gasteiger partial charge in [-0.3, -0.25) is 4.79 Å². The summed E-state index contributed by atoms with van der Waals surface area (Å²) in [6.07, 6.45) is 0.175. The van der Waals surface area contributed by atoms with Crippen LogP contribution in [0.1, 0.15) is 25.8 Å². The van der Waals surface area contributed by atoms with E-state index in [4.69, 9.17) is 5.11 Å². The second kappa shape index (κ2) is 6.32. The average molecular weight is 303 g/mol. The summed E-state index contributed by atoms with van der Waals surface area (Å²) in [5, 5.41) is 9.04. The van der Waals surface area contributed by atoms with Crippen molar-refractivity contribution in [1.29, 1.82) is 0 Å². The van der Waals surface area contributed by atoms with E-state index < -0.39 is 27.9 Å². The first kappa shape index (κ1) is 16.6. The molecule has 0 heterocycles. The molecule has 0 saturated heterocycles. The second-order valence-electron chi connectivity index (χ2n) is 5.05. The van der Waals surface area contributed by atoms with Gasteiger partial charge >= 0.3 is 5.97 Å². The third kappa shape index (κ3) is 4.28. The number of sulfonamides is 1. The van der Waals surface area contributed by atoms with Gasteiger partial charge < -0.3 is 5.11 Å². The van der Waals surface area contributed by atoms with Crippen molar-refractivity contribution in [2.24, 2.45) is 5.92 Å². The highest BCUT2D eigenvalue weighted by molar-refractivity contribution is 7.89. The van der Waals surface area contributed by atoms with Crippen LogP contribution in [0.5, 0.6) is 0 Å². The summed E-state index contributed by atoms with van der Waals surface area (Å²) < 4.78 is 39.5. The van der Waals surface area contributed by atoms with Crippen LogP contribution >= 0.6 is 0 Å². The lowest BCUT2D eigenvalue weighted by molar-refractivity contribution is -0.139. The normalized spacial score (nSPS) is 13.4. The number of aryl methyl sites for hydroxylation is 1. The largest absolute Gasteiger partial charge is 0.480 e. The van der Waals surface area contributed by atoms with Crippen molar-refractivity contribution >= 4 is 16.0 Å². The molecular weight excluding hydrogens is 285 g/mol. The predicted octanol–water partition coefficient (Wildman–Crippen LogP) is 1.91. The summed E-state index contributed by atoms with van der Waals surface area (Å²) in [5.41, 5.74) is 0.184. The van der Waals surface area contributed by atoms with Crippen LogP contribution in [0.15, 0.2) is 23.1 Å². The van der Waals surface area contributed by atoms with Gasteiger partial charge in [-0.05, 0) is 43.0 Å². The zero-order valence-corrected chi connectivity index (χ0v) is 12.4. The fraction of sp³-hybridized carbons (Fsp3) is 0.462. The molecule has 1 atom stereocenters. The number of rotatable bonds is 6. The molecule has 20 heavy (non-hydrogen) atoms. The third-order valence-electron chi connectivity index (χ3n) is 2.74. The summed E-state index contributed by atoms with van der Waals surface area (Å²) in [6.45, 7) is 5.04. The number of carbonyl (C=O) groups is 1. The Morgan fingerprint density at radius 1 is 1.40 bits per heavy atom. The Kier molecular flexibility index (Phi) is 5.24. The van der Waals surface area contributed by atoms with Crippen LogP contribution in [0.2, 0.25) is 0 Å². The highest BCUT2D eigenvalue weighted by Crippen LogP contribution is 2.16. The molecule has 7 heteroatoms. The first-order chi connectivity index (χ1) is 9.13. The van der Waals surface area contributed by atoms with Gasteiger partial charge in [-0.25, -0.2) is 12.8 Å². The zero-order valence-electron chi connectivity index (χ0n) is 11.6. The molecule has 112 valence electrons. The van der Waals surface area contributed by atoms with Crippen LogP contribution in [0.4, 0.5) is 4.39 Å². The maximum atomic E-state index is 13.1. The van der Waals surface area contributed by atoms with Crippen LogP contribution in [0.3, 0.4) is 0 Å². The minimum absolute atomic E-state index is 0.0220. The third-order valence-corrected chi connectivity index (χ3v) is 4.21. The Bertz CT molecular complexity index is 598. The van der Waals surface area contributed by atoms with E-state index in [1.165, 1.54) is 13.0 Å². The Morgan fingerprint density at radius 2 is 2.00 bits per heavy atom. The molecule has 0 saturated carbocycles. The topological polar surface area (TPSA) is 83.5 Å². The van der Waals surface area contributed by atoms with Crippen molar-refractivity contribution < 1.29 is 22.7 Å². The monoisotopic (exact) mass is 303 g/mol. The summed E-state index contributed by atoms with van der Waals surface area (Å²) in [5.74, 6) is -1.73. The van der Waals surface area contributed by atoms with Crippen LogP contribution in [0, 0.1) is 18.7 Å². The number of carboxylic acid groups (broad SMARTS) is 1. The Balaban J connectivity index is 3.03. The molecule has 0 aliphatic carbocycles. The van der Waals surface area contributed by atoms with Gasteiger partial charge in [-0.1, -0.05) is 13.8 Å². The fourth-order valence-corrected chi connectivity index (χ4v) is 3.00. The fourth-order valence-electron chi connectivity index (χ4n) is 1.71. The summed E-state index contributed by atoms with van der Waals surface area (Å²) in [7, 11) is -3.99. The van der Waals surface area contributed by atoms with Crippen molar-refractivity contribution in [3.05, 3.63) is 29.6 Å². The van der Waals surface area contributed by atoms with E-state index in [9.17, 15) is 17.6 Å². The lowest BCUT2D eigenvalue weighted by Crippen LogP contribution is -2.41. The van der Waals surface area contributed by atoms with Crippen molar-refractivity contribution in [3.8, 4) is 0 Å². The number of carboxylic acids is 1. The van der Waals surface area contributed by atoms with Crippen LogP contribution in [-0.2, 0) is 14.8 Å². The molecule has 2 N–H and O–H groups in total. The number of hydrogen-bond acceptors (Lipinski definition) is 3. The van der Waals surface area contributed by atoms with E-state index >= 15 is 0 Å². The summed E-state index contributed by atoms with van der Waals surface area (Å²) >= 11 is 0. The SMILES string of the molecule is Cc1cc(S(=O)(=O)N[C@@H](CC(C)C)C(=O)O)ccc1F. The van der Waals surface area contributed by atoms with E-state index in [2.05, 4.69) is 4.72 Å². The highest BCUT2D eigenvalue weighted by atomic mass is 32.2. The minimum Gasteiger partial charge on any atom is -0.480 e. The quantitative estimate of drug-likeness (QED) is 0.841. The van der Waals surface area contributed by atoms with E-state index in [0.29, 0.717) is 0 Å². The van der Waals surface area contributed by atoms with Gasteiger partial charge in [0.2, 0.25) is 10.0 Å². The minimum atomic E-state index is -3.99. The lowest BCUT2D eigenvalue weighted by Gasteiger charge is -2.16. The first-order valence-electron chi connectivity index (χ1n) is 6.14. The number of benzene rings is 1. The molecule has 0 unspecified atom stereocenters. The standard InChI is InChI=1S/C13H18FNO4S/c1-8(2)6-12(13(16)17)15-20(18,19)10-4-5-11(14)9(3)7-10/h4-5,7-8,12,15H,6H2,1-3H3,(H,16,17)/t12-/m0/s1. The molecule has 0 amide bonds. The Hall–Kier alpha value is -1.47. The van der Waals surface area contributed by atoms with Crippen molar-refractivity contribution in [1.82, 2.24) is 4.72 Å². The zero-order chi connectivity index (χ0) is 15.5. The van der Waals surface area contributed by atoms with Gasteiger partial charge in [0.15, 0.2) is 0 Å². The van der Waals surface area contributed by atoms with Crippen LogP contribution in [0.25, 0.3) is 0 Å². The van der Waals surface area contributed by atoms with E-state index in [-0.39, 0.29) is 22.8 Å². The Morgan fingerprint density at radius 3 is 2.45 bits per heavy atom. The smallest absolute Gasteiger partial charge is 0.321 e. The van der Waals surface area contributed by atoms with E-state index in [0.717, 1.165) is 12.1 Å². The molecule has 5 nitrogen and oxygen atoms in total. The number of hydrogen-bond donors (Lipinski definition) is 2. The maximum absolute atomic E-state index is 13.1. The van der Waals surface area contributed by atoms with Crippen molar-refractivity contribution in [2.75, 3.05) is 0 Å². The highest BCUT2D eigenvalue weighted by Gasteiger charge is 2.26. The van der Waals surface area contributed by atoms with Crippen LogP contribution < -0.4 is 4.72 Å². The van der Waals surface area contributed by atoms with Gasteiger partial charge in [-0.2, -0.15) is 4.72 Å². The molecular formula is C13H18FNO4S. The summed E-state index contributed by atoms with van der Waals surface area (Å²) in [4.78, 5) is 10.9. The van der Waals surface area contributed by atoms with Crippen LogP contribution in [-0.4, -0.2) is 25.5 Å². The predicted molar refractivity (Wildman–Crippen MR) is 72.3 cm³/mol. The number of nitrogens with one attached hydrogen (secondary N) is 1. The molecule has 1 aromatic rings. The van der Waals surface area contributed by atoms with Gasteiger partial charge in [0, 0.05) is 0 Å². The number of halogens is 1. The molecule has 0 aromatic heterocycles. The lowest BCUT2D eigenvalue weighted by atomic mass is 10.1. The molecule has 1 rings (SSSR count). The van der Waals surface area contributed by atoms with Gasteiger partial charge in [-0.15, -0.1) is 0 Å².